The summed E-state index contributed by atoms with van der Waals surface area (Å²) in [5.41, 5.74) is 5.13. The standard InChI is InChI=1S/C22H23N5O5/c1-13(2)27(15-6-4-3-5-7-15)16-10-8-14(9-11-16)24-17(28)12-32-21(30)19-18(23)20(29)26-22(31)25-19/h3-11,13H,12,23H2,1-2H3,(H,24,28)(H2,25,26,29,31). The predicted molar refractivity (Wildman–Crippen MR) is 121 cm³/mol. The number of H-pyrrole nitrogens is 2. The molecular formula is C22H23N5O5. The Morgan fingerprint density at radius 3 is 2.25 bits per heavy atom. The predicted octanol–water partition coefficient (Wildman–Crippen LogP) is 1.99. The molecule has 1 amide bonds. The Kier molecular flexibility index (Phi) is 6.74. The maximum atomic E-state index is 12.1. The van der Waals surface area contributed by atoms with Gasteiger partial charge >= 0.3 is 11.7 Å². The largest absolute Gasteiger partial charge is 0.451 e. The maximum absolute atomic E-state index is 12.1. The first-order chi connectivity index (χ1) is 15.3. The minimum absolute atomic E-state index is 0.210. The third kappa shape index (κ3) is 5.22. The SMILES string of the molecule is CC(C)N(c1ccccc1)c1ccc(NC(=O)COC(=O)c2[nH]c(=O)[nH]c(=O)c2N)cc1. The van der Waals surface area contributed by atoms with E-state index >= 15 is 0 Å². The maximum Gasteiger partial charge on any atom is 0.357 e. The Hall–Kier alpha value is -4.34. The van der Waals surface area contributed by atoms with Gasteiger partial charge in [0.25, 0.3) is 11.5 Å². The van der Waals surface area contributed by atoms with E-state index in [0.717, 1.165) is 11.4 Å². The number of nitrogens with one attached hydrogen (secondary N) is 3. The lowest BCUT2D eigenvalue weighted by molar-refractivity contribution is -0.119. The van der Waals surface area contributed by atoms with Crippen LogP contribution < -0.4 is 27.2 Å². The molecule has 0 spiro atoms. The van der Waals surface area contributed by atoms with Gasteiger partial charge in [-0.3, -0.25) is 19.6 Å². The summed E-state index contributed by atoms with van der Waals surface area (Å²) in [5.74, 6) is -1.69. The van der Waals surface area contributed by atoms with Gasteiger partial charge in [-0.25, -0.2) is 9.59 Å². The number of para-hydroxylation sites is 1. The van der Waals surface area contributed by atoms with Gasteiger partial charge in [0.2, 0.25) is 0 Å². The number of aromatic nitrogens is 2. The van der Waals surface area contributed by atoms with Crippen molar-refractivity contribution in [1.82, 2.24) is 9.97 Å². The highest BCUT2D eigenvalue weighted by Crippen LogP contribution is 2.28. The van der Waals surface area contributed by atoms with Crippen LogP contribution in [0.4, 0.5) is 22.7 Å². The number of hydrogen-bond acceptors (Lipinski definition) is 7. The highest BCUT2D eigenvalue weighted by molar-refractivity contribution is 5.96. The molecule has 2 aromatic carbocycles. The lowest BCUT2D eigenvalue weighted by atomic mass is 10.2. The molecule has 5 N–H and O–H groups in total. The van der Waals surface area contributed by atoms with Crippen LogP contribution in [0, 0.1) is 0 Å². The zero-order valence-electron chi connectivity index (χ0n) is 17.5. The molecule has 0 bridgehead atoms. The van der Waals surface area contributed by atoms with E-state index in [1.54, 1.807) is 12.1 Å². The Morgan fingerprint density at radius 2 is 1.62 bits per heavy atom. The molecule has 1 heterocycles. The monoisotopic (exact) mass is 437 g/mol. The number of carbonyl (C=O) groups excluding carboxylic acids is 2. The van der Waals surface area contributed by atoms with E-state index in [2.05, 4.69) is 29.0 Å². The number of aromatic amines is 2. The number of carbonyl (C=O) groups is 2. The van der Waals surface area contributed by atoms with Gasteiger partial charge in [0, 0.05) is 23.1 Å². The molecule has 3 aromatic rings. The Balaban J connectivity index is 1.63. The van der Waals surface area contributed by atoms with Crippen molar-refractivity contribution in [3.05, 3.63) is 81.1 Å². The quantitative estimate of drug-likeness (QED) is 0.413. The second kappa shape index (κ2) is 9.65. The van der Waals surface area contributed by atoms with Crippen molar-refractivity contribution in [1.29, 1.82) is 0 Å². The summed E-state index contributed by atoms with van der Waals surface area (Å²) in [6.07, 6.45) is 0. The number of esters is 1. The van der Waals surface area contributed by atoms with Crippen LogP contribution in [-0.4, -0.2) is 34.5 Å². The highest BCUT2D eigenvalue weighted by atomic mass is 16.5. The van der Waals surface area contributed by atoms with E-state index in [-0.39, 0.29) is 6.04 Å². The number of benzene rings is 2. The molecule has 10 nitrogen and oxygen atoms in total. The summed E-state index contributed by atoms with van der Waals surface area (Å²) in [5, 5.41) is 2.62. The van der Waals surface area contributed by atoms with Crippen molar-refractivity contribution in [2.45, 2.75) is 19.9 Å². The number of ether oxygens (including phenoxy) is 1. The third-order valence-corrected chi connectivity index (χ3v) is 4.50. The van der Waals surface area contributed by atoms with Gasteiger partial charge in [0.05, 0.1) is 0 Å². The molecule has 32 heavy (non-hydrogen) atoms. The van der Waals surface area contributed by atoms with Crippen molar-refractivity contribution in [2.75, 3.05) is 22.6 Å². The second-order valence-corrected chi connectivity index (χ2v) is 7.17. The molecular weight excluding hydrogens is 414 g/mol. The van der Waals surface area contributed by atoms with Crippen LogP contribution in [0.1, 0.15) is 24.3 Å². The summed E-state index contributed by atoms with van der Waals surface area (Å²) in [6.45, 7) is 3.53. The number of rotatable bonds is 7. The third-order valence-electron chi connectivity index (χ3n) is 4.50. The Morgan fingerprint density at radius 1 is 1.00 bits per heavy atom. The molecule has 0 aliphatic carbocycles. The summed E-state index contributed by atoms with van der Waals surface area (Å²) >= 11 is 0. The average Bonchev–Trinajstić information content (AvgIpc) is 2.76. The minimum Gasteiger partial charge on any atom is -0.451 e. The molecule has 0 radical (unpaired) electrons. The van der Waals surface area contributed by atoms with Crippen LogP contribution in [0.3, 0.4) is 0 Å². The van der Waals surface area contributed by atoms with Gasteiger partial charge in [0.1, 0.15) is 5.69 Å². The van der Waals surface area contributed by atoms with Crippen LogP contribution in [0.2, 0.25) is 0 Å². The summed E-state index contributed by atoms with van der Waals surface area (Å²) in [6, 6.07) is 17.3. The van der Waals surface area contributed by atoms with Crippen molar-refractivity contribution >= 4 is 34.6 Å². The summed E-state index contributed by atoms with van der Waals surface area (Å²) < 4.78 is 4.84. The Bertz CT molecular complexity index is 1220. The summed E-state index contributed by atoms with van der Waals surface area (Å²) in [4.78, 5) is 53.1. The Labute approximate surface area is 183 Å². The first kappa shape index (κ1) is 22.3. The lowest BCUT2D eigenvalue weighted by Gasteiger charge is -2.29. The molecule has 1 aromatic heterocycles. The molecule has 166 valence electrons. The van der Waals surface area contributed by atoms with Crippen LogP contribution in [-0.2, 0) is 9.53 Å². The van der Waals surface area contributed by atoms with E-state index in [9.17, 15) is 19.2 Å². The van der Waals surface area contributed by atoms with E-state index in [1.807, 2.05) is 47.4 Å². The van der Waals surface area contributed by atoms with E-state index in [0.29, 0.717) is 5.69 Å². The fourth-order valence-electron chi connectivity index (χ4n) is 3.10. The smallest absolute Gasteiger partial charge is 0.357 e. The van der Waals surface area contributed by atoms with Gasteiger partial charge in [-0.1, -0.05) is 18.2 Å². The molecule has 3 rings (SSSR count). The van der Waals surface area contributed by atoms with Crippen LogP contribution >= 0.6 is 0 Å². The van der Waals surface area contributed by atoms with Crippen LogP contribution in [0.25, 0.3) is 0 Å². The molecule has 0 saturated heterocycles. The average molecular weight is 437 g/mol. The highest BCUT2D eigenvalue weighted by Gasteiger charge is 2.17. The topological polar surface area (TPSA) is 150 Å². The van der Waals surface area contributed by atoms with E-state index < -0.39 is 41.1 Å². The van der Waals surface area contributed by atoms with E-state index in [1.165, 1.54) is 0 Å². The molecule has 0 saturated carbocycles. The molecule has 0 atom stereocenters. The number of nitrogen functional groups attached to an aromatic ring is 1. The minimum atomic E-state index is -1.09. The van der Waals surface area contributed by atoms with Gasteiger partial charge < -0.3 is 20.7 Å². The zero-order chi connectivity index (χ0) is 23.3. The number of hydrogen-bond donors (Lipinski definition) is 4. The first-order valence-corrected chi connectivity index (χ1v) is 9.79. The van der Waals surface area contributed by atoms with Gasteiger partial charge in [-0.2, -0.15) is 0 Å². The molecule has 10 heteroatoms. The number of nitrogens with two attached hydrogens (primary N) is 1. The number of amides is 1. The van der Waals surface area contributed by atoms with Crippen molar-refractivity contribution in [3.8, 4) is 0 Å². The molecule has 0 fully saturated rings. The normalized spacial score (nSPS) is 10.6. The van der Waals surface area contributed by atoms with Crippen molar-refractivity contribution in [3.63, 3.8) is 0 Å². The van der Waals surface area contributed by atoms with Crippen LogP contribution in [0.5, 0.6) is 0 Å². The molecule has 0 aliphatic heterocycles. The van der Waals surface area contributed by atoms with E-state index in [4.69, 9.17) is 10.5 Å². The fourth-order valence-corrected chi connectivity index (χ4v) is 3.10. The first-order valence-electron chi connectivity index (χ1n) is 9.79. The fraction of sp³-hybridized carbons (Fsp3) is 0.182. The zero-order valence-corrected chi connectivity index (χ0v) is 17.5. The van der Waals surface area contributed by atoms with Crippen molar-refractivity contribution in [2.24, 2.45) is 0 Å². The number of anilines is 4. The van der Waals surface area contributed by atoms with Gasteiger partial charge in [-0.05, 0) is 50.2 Å². The lowest BCUT2D eigenvalue weighted by Crippen LogP contribution is -2.30. The second-order valence-electron chi connectivity index (χ2n) is 7.17. The van der Waals surface area contributed by atoms with Crippen LogP contribution in [0.15, 0.2) is 64.2 Å². The molecule has 0 unspecified atom stereocenters. The van der Waals surface area contributed by atoms with Gasteiger partial charge in [-0.15, -0.1) is 0 Å². The van der Waals surface area contributed by atoms with Crippen molar-refractivity contribution < 1.29 is 14.3 Å². The number of nitrogens with zero attached hydrogens (tertiary/aromatic N) is 1. The van der Waals surface area contributed by atoms with Gasteiger partial charge in [0.15, 0.2) is 12.3 Å². The summed E-state index contributed by atoms with van der Waals surface area (Å²) in [7, 11) is 0. The molecule has 0 aliphatic rings.